The predicted molar refractivity (Wildman–Crippen MR) is 102 cm³/mol. The molecular formula is C16H21ClN2O2S3. The van der Waals surface area contributed by atoms with Gasteiger partial charge >= 0.3 is 0 Å². The summed E-state index contributed by atoms with van der Waals surface area (Å²) in [5.41, 5.74) is 1.19. The van der Waals surface area contributed by atoms with Gasteiger partial charge in [0.2, 0.25) is 10.0 Å². The van der Waals surface area contributed by atoms with Gasteiger partial charge in [-0.15, -0.1) is 11.3 Å². The van der Waals surface area contributed by atoms with E-state index in [9.17, 15) is 8.42 Å². The fourth-order valence-corrected chi connectivity index (χ4v) is 6.30. The second-order valence-corrected chi connectivity index (χ2v) is 10.4. The third-order valence-corrected chi connectivity index (χ3v) is 8.14. The van der Waals surface area contributed by atoms with E-state index in [0.717, 1.165) is 24.4 Å². The molecule has 0 spiro atoms. The molecule has 2 aromatic rings. The van der Waals surface area contributed by atoms with Crippen LogP contribution in [0, 0.1) is 0 Å². The van der Waals surface area contributed by atoms with Crippen molar-refractivity contribution < 1.29 is 8.42 Å². The van der Waals surface area contributed by atoms with Crippen LogP contribution in [0.2, 0.25) is 4.34 Å². The highest BCUT2D eigenvalue weighted by molar-refractivity contribution is 7.91. The van der Waals surface area contributed by atoms with Crippen LogP contribution in [0.4, 0.5) is 0 Å². The van der Waals surface area contributed by atoms with E-state index in [1.165, 1.54) is 31.2 Å². The molecule has 1 unspecified atom stereocenters. The van der Waals surface area contributed by atoms with Gasteiger partial charge in [0, 0.05) is 12.6 Å². The maximum absolute atomic E-state index is 12.5. The summed E-state index contributed by atoms with van der Waals surface area (Å²) in [6, 6.07) is 5.35. The van der Waals surface area contributed by atoms with Crippen LogP contribution in [-0.4, -0.2) is 33.0 Å². The Morgan fingerprint density at radius 3 is 2.50 bits per heavy atom. The van der Waals surface area contributed by atoms with E-state index < -0.39 is 10.0 Å². The number of nitrogens with zero attached hydrogens (tertiary/aromatic N) is 1. The quantitative estimate of drug-likeness (QED) is 0.778. The number of likely N-dealkylation sites (tertiary alicyclic amines) is 1. The number of nitrogens with one attached hydrogen (secondary N) is 1. The van der Waals surface area contributed by atoms with E-state index >= 15 is 0 Å². The van der Waals surface area contributed by atoms with Crippen molar-refractivity contribution >= 4 is 44.3 Å². The Bertz CT molecular complexity index is 735. The SMILES string of the molecule is O=S(=O)(NCC(c1ccsc1)N1CCCCCC1)c1ccc(Cl)s1. The lowest BCUT2D eigenvalue weighted by molar-refractivity contribution is 0.206. The van der Waals surface area contributed by atoms with E-state index in [-0.39, 0.29) is 10.3 Å². The molecule has 1 saturated heterocycles. The summed E-state index contributed by atoms with van der Waals surface area (Å²) in [6.45, 7) is 2.43. The van der Waals surface area contributed by atoms with Gasteiger partial charge < -0.3 is 0 Å². The zero-order valence-electron chi connectivity index (χ0n) is 13.3. The minimum absolute atomic E-state index is 0.0829. The summed E-state index contributed by atoms with van der Waals surface area (Å²) < 4.78 is 28.5. The highest BCUT2D eigenvalue weighted by atomic mass is 35.5. The summed E-state index contributed by atoms with van der Waals surface area (Å²) in [4.78, 5) is 2.42. The van der Waals surface area contributed by atoms with Crippen LogP contribution in [-0.2, 0) is 10.0 Å². The molecule has 4 nitrogen and oxygen atoms in total. The van der Waals surface area contributed by atoms with Crippen molar-refractivity contribution in [3.8, 4) is 0 Å². The molecule has 0 aromatic carbocycles. The molecular weight excluding hydrogens is 384 g/mol. The average molecular weight is 405 g/mol. The predicted octanol–water partition coefficient (Wildman–Crippen LogP) is 4.36. The number of sulfonamides is 1. The lowest BCUT2D eigenvalue weighted by Gasteiger charge is -2.30. The van der Waals surface area contributed by atoms with Crippen molar-refractivity contribution in [1.29, 1.82) is 0 Å². The van der Waals surface area contributed by atoms with E-state index in [4.69, 9.17) is 11.6 Å². The first kappa shape index (κ1) is 18.4. The largest absolute Gasteiger partial charge is 0.295 e. The topological polar surface area (TPSA) is 49.4 Å². The number of halogens is 1. The van der Waals surface area contributed by atoms with Crippen molar-refractivity contribution in [2.45, 2.75) is 35.9 Å². The normalized spacial score (nSPS) is 18.4. The fraction of sp³-hybridized carbons (Fsp3) is 0.500. The minimum Gasteiger partial charge on any atom is -0.295 e. The number of rotatable bonds is 6. The first-order valence-electron chi connectivity index (χ1n) is 8.07. The molecule has 24 heavy (non-hydrogen) atoms. The molecule has 0 radical (unpaired) electrons. The van der Waals surface area contributed by atoms with Crippen molar-refractivity contribution in [1.82, 2.24) is 9.62 Å². The summed E-state index contributed by atoms with van der Waals surface area (Å²) in [5, 5.41) is 4.17. The average Bonchev–Trinajstić information content (AvgIpc) is 3.15. The molecule has 132 valence electrons. The first-order chi connectivity index (χ1) is 11.6. The van der Waals surface area contributed by atoms with E-state index in [1.807, 2.05) is 5.38 Å². The molecule has 3 rings (SSSR count). The van der Waals surface area contributed by atoms with E-state index in [1.54, 1.807) is 23.5 Å². The van der Waals surface area contributed by atoms with Crippen molar-refractivity contribution in [3.63, 3.8) is 0 Å². The molecule has 1 fully saturated rings. The Hall–Kier alpha value is -0.440. The fourth-order valence-electron chi connectivity index (χ4n) is 3.03. The Kier molecular flexibility index (Phi) is 6.34. The summed E-state index contributed by atoms with van der Waals surface area (Å²) in [7, 11) is -3.51. The Labute approximate surface area is 156 Å². The van der Waals surface area contributed by atoms with Gasteiger partial charge in [-0.1, -0.05) is 24.4 Å². The lowest BCUT2D eigenvalue weighted by atomic mass is 10.1. The second kappa shape index (κ2) is 8.29. The highest BCUT2D eigenvalue weighted by Crippen LogP contribution is 2.28. The molecule has 3 heterocycles. The molecule has 0 aliphatic carbocycles. The van der Waals surface area contributed by atoms with Crippen LogP contribution in [0.25, 0.3) is 0 Å². The van der Waals surface area contributed by atoms with Crippen LogP contribution in [0.5, 0.6) is 0 Å². The molecule has 0 amide bonds. The lowest BCUT2D eigenvalue weighted by Crippen LogP contribution is -2.38. The summed E-state index contributed by atoms with van der Waals surface area (Å²) in [6.07, 6.45) is 4.86. The molecule has 2 aromatic heterocycles. The Morgan fingerprint density at radius 2 is 1.92 bits per heavy atom. The van der Waals surface area contributed by atoms with Gasteiger partial charge in [0.1, 0.15) is 4.21 Å². The number of hydrogen-bond acceptors (Lipinski definition) is 5. The zero-order chi connectivity index (χ0) is 17.0. The van der Waals surface area contributed by atoms with Gasteiger partial charge in [0.05, 0.1) is 4.34 Å². The van der Waals surface area contributed by atoms with Gasteiger partial charge in [0.25, 0.3) is 0 Å². The van der Waals surface area contributed by atoms with Crippen LogP contribution in [0.1, 0.15) is 37.3 Å². The smallest absolute Gasteiger partial charge is 0.250 e. The van der Waals surface area contributed by atoms with Gasteiger partial charge in [0.15, 0.2) is 0 Å². The minimum atomic E-state index is -3.51. The van der Waals surface area contributed by atoms with Gasteiger partial charge in [-0.3, -0.25) is 4.90 Å². The molecule has 8 heteroatoms. The van der Waals surface area contributed by atoms with Gasteiger partial charge in [-0.25, -0.2) is 13.1 Å². The molecule has 1 atom stereocenters. The van der Waals surface area contributed by atoms with Gasteiger partial charge in [-0.05, 0) is 60.5 Å². The monoisotopic (exact) mass is 404 g/mol. The summed E-state index contributed by atoms with van der Waals surface area (Å²) in [5.74, 6) is 0. The number of thiophene rings is 2. The van der Waals surface area contributed by atoms with Crippen LogP contribution >= 0.6 is 34.3 Å². The second-order valence-electron chi connectivity index (χ2n) is 5.93. The van der Waals surface area contributed by atoms with Gasteiger partial charge in [-0.2, -0.15) is 11.3 Å². The van der Waals surface area contributed by atoms with Crippen LogP contribution in [0.3, 0.4) is 0 Å². The molecule has 1 N–H and O–H groups in total. The molecule has 1 aliphatic rings. The maximum Gasteiger partial charge on any atom is 0.250 e. The molecule has 0 saturated carbocycles. The Balaban J connectivity index is 1.74. The van der Waals surface area contributed by atoms with Crippen LogP contribution < -0.4 is 4.72 Å². The molecule has 0 bridgehead atoms. The Morgan fingerprint density at radius 1 is 1.17 bits per heavy atom. The van der Waals surface area contributed by atoms with E-state index in [0.29, 0.717) is 10.9 Å². The highest BCUT2D eigenvalue weighted by Gasteiger charge is 2.25. The summed E-state index contributed by atoms with van der Waals surface area (Å²) >= 11 is 8.61. The van der Waals surface area contributed by atoms with Crippen molar-refractivity contribution in [2.24, 2.45) is 0 Å². The maximum atomic E-state index is 12.5. The third kappa shape index (κ3) is 4.59. The third-order valence-electron chi connectivity index (χ3n) is 4.29. The van der Waals surface area contributed by atoms with E-state index in [2.05, 4.69) is 21.1 Å². The first-order valence-corrected chi connectivity index (χ1v) is 11.7. The van der Waals surface area contributed by atoms with Crippen LogP contribution in [0.15, 0.2) is 33.2 Å². The zero-order valence-corrected chi connectivity index (χ0v) is 16.5. The van der Waals surface area contributed by atoms with Crippen molar-refractivity contribution in [2.75, 3.05) is 19.6 Å². The standard InChI is InChI=1S/C16H21ClN2O2S3/c17-15-5-6-16(23-15)24(20,21)18-11-14(13-7-10-22-12-13)19-8-3-1-2-4-9-19/h5-7,10,12,14,18H,1-4,8-9,11H2. The van der Waals surface area contributed by atoms with Crippen molar-refractivity contribution in [3.05, 3.63) is 38.9 Å². The molecule has 1 aliphatic heterocycles. The number of hydrogen-bond donors (Lipinski definition) is 1.